The first-order chi connectivity index (χ1) is 27.0. The van der Waals surface area contributed by atoms with E-state index in [1.807, 2.05) is 54.6 Å². The van der Waals surface area contributed by atoms with Crippen molar-refractivity contribution in [3.05, 3.63) is 216 Å². The number of allylic oxidation sites excluding steroid dienone is 7. The SMILES string of the molecule is C=C/C=C\C=C/Cc1ccc(C2(C)C=CC(C(N)=NC(=NCc3cccc4oc5ccc(-c6ccc7ccccc7c6)cc5c34)c3ccccc3)=CC2)cc1. The van der Waals surface area contributed by atoms with E-state index in [9.17, 15) is 0 Å². The van der Waals surface area contributed by atoms with Crippen LogP contribution in [-0.2, 0) is 18.4 Å². The summed E-state index contributed by atoms with van der Waals surface area (Å²) >= 11 is 0. The number of amidine groups is 2. The van der Waals surface area contributed by atoms with Crippen molar-refractivity contribution in [2.45, 2.75) is 31.7 Å². The molecule has 0 aliphatic heterocycles. The average Bonchev–Trinajstić information content (AvgIpc) is 3.61. The highest BCUT2D eigenvalue weighted by Gasteiger charge is 2.25. The van der Waals surface area contributed by atoms with Crippen LogP contribution in [0.4, 0.5) is 0 Å². The molecular weight excluding hydrogens is 671 g/mol. The lowest BCUT2D eigenvalue weighted by atomic mass is 9.76. The summed E-state index contributed by atoms with van der Waals surface area (Å²) in [6, 6.07) is 46.6. The number of rotatable bonds is 10. The molecule has 0 saturated carbocycles. The van der Waals surface area contributed by atoms with Crippen LogP contribution in [0.25, 0.3) is 43.8 Å². The molecule has 0 spiro atoms. The lowest BCUT2D eigenvalue weighted by Crippen LogP contribution is -2.24. The van der Waals surface area contributed by atoms with Crippen molar-refractivity contribution in [3.63, 3.8) is 0 Å². The third kappa shape index (κ3) is 7.67. The van der Waals surface area contributed by atoms with Gasteiger partial charge in [0.1, 0.15) is 17.0 Å². The van der Waals surface area contributed by atoms with Crippen molar-refractivity contribution in [1.82, 2.24) is 0 Å². The van der Waals surface area contributed by atoms with Gasteiger partial charge in [-0.3, -0.25) is 4.99 Å². The maximum Gasteiger partial charge on any atom is 0.157 e. The van der Waals surface area contributed by atoms with E-state index in [-0.39, 0.29) is 5.41 Å². The fraction of sp³-hybridized carbons (Fsp3) is 0.0980. The summed E-state index contributed by atoms with van der Waals surface area (Å²) in [6.45, 7) is 6.39. The number of benzene rings is 6. The second-order valence-electron chi connectivity index (χ2n) is 14.2. The molecule has 1 unspecified atom stereocenters. The summed E-state index contributed by atoms with van der Waals surface area (Å²) in [4.78, 5) is 10.1. The average molecular weight is 714 g/mol. The van der Waals surface area contributed by atoms with Gasteiger partial charge >= 0.3 is 0 Å². The molecule has 4 heteroatoms. The maximum atomic E-state index is 6.75. The lowest BCUT2D eigenvalue weighted by Gasteiger charge is -2.29. The molecule has 8 rings (SSSR count). The molecular formula is C51H43N3O. The molecule has 6 aromatic carbocycles. The number of hydrogen-bond donors (Lipinski definition) is 1. The van der Waals surface area contributed by atoms with Crippen LogP contribution in [0.2, 0.25) is 0 Å². The number of nitrogens with two attached hydrogens (primary N) is 1. The Morgan fingerprint density at radius 3 is 2.36 bits per heavy atom. The summed E-state index contributed by atoms with van der Waals surface area (Å²) in [6.07, 6.45) is 18.1. The van der Waals surface area contributed by atoms with Crippen molar-refractivity contribution in [2.24, 2.45) is 15.7 Å². The molecule has 0 fully saturated rings. The zero-order chi connectivity index (χ0) is 37.6. The minimum absolute atomic E-state index is 0.137. The summed E-state index contributed by atoms with van der Waals surface area (Å²) in [5.41, 5.74) is 16.0. The van der Waals surface area contributed by atoms with E-state index in [4.69, 9.17) is 20.1 Å². The summed E-state index contributed by atoms with van der Waals surface area (Å²) in [7, 11) is 0. The maximum absolute atomic E-state index is 6.75. The van der Waals surface area contributed by atoms with Crippen LogP contribution >= 0.6 is 0 Å². The van der Waals surface area contributed by atoms with Gasteiger partial charge in [0.2, 0.25) is 0 Å². The lowest BCUT2D eigenvalue weighted by molar-refractivity contribution is 0.598. The van der Waals surface area contributed by atoms with Crippen LogP contribution in [0.1, 0.15) is 35.6 Å². The molecule has 4 nitrogen and oxygen atoms in total. The molecule has 1 heterocycles. The quantitative estimate of drug-likeness (QED) is 0.0871. The highest BCUT2D eigenvalue weighted by molar-refractivity contribution is 6.12. The van der Waals surface area contributed by atoms with Crippen LogP contribution in [-0.4, -0.2) is 11.7 Å². The van der Waals surface area contributed by atoms with Crippen molar-refractivity contribution >= 4 is 44.4 Å². The topological polar surface area (TPSA) is 63.9 Å². The van der Waals surface area contributed by atoms with E-state index in [0.29, 0.717) is 18.2 Å². The first kappa shape index (κ1) is 35.3. The summed E-state index contributed by atoms with van der Waals surface area (Å²) in [5, 5.41) is 4.58. The Balaban J connectivity index is 1.06. The van der Waals surface area contributed by atoms with Gasteiger partial charge in [-0.15, -0.1) is 0 Å². The predicted molar refractivity (Wildman–Crippen MR) is 233 cm³/mol. The van der Waals surface area contributed by atoms with Crippen LogP contribution in [0.3, 0.4) is 0 Å². The fourth-order valence-electron chi connectivity index (χ4n) is 7.28. The van der Waals surface area contributed by atoms with Gasteiger partial charge in [-0.05, 0) is 75.7 Å². The van der Waals surface area contributed by atoms with Gasteiger partial charge < -0.3 is 10.2 Å². The van der Waals surface area contributed by atoms with Crippen LogP contribution in [0, 0.1) is 0 Å². The zero-order valence-electron chi connectivity index (χ0n) is 31.0. The van der Waals surface area contributed by atoms with Gasteiger partial charge in [0.05, 0.1) is 6.54 Å². The molecule has 268 valence electrons. The Labute approximate surface area is 322 Å². The van der Waals surface area contributed by atoms with Crippen LogP contribution in [0.15, 0.2) is 209 Å². The van der Waals surface area contributed by atoms with Gasteiger partial charge in [0.15, 0.2) is 5.84 Å². The number of furan rings is 1. The fourth-order valence-corrected chi connectivity index (χ4v) is 7.28. The molecule has 1 aromatic heterocycles. The standard InChI is InChI=1S/C51H43N3O/c1-3-4-5-6-8-14-36-21-26-44(27-22-36)51(2)31-29-38(30-32-51)49(52)54-50(39-16-9-7-10-17-39)53-35-43-19-13-20-47-48(43)45-34-42(25-28-46(45)55-47)41-24-23-37-15-11-12-18-40(37)33-41/h3-13,15-31,33-34H,1,14,32,35H2,2H3,(H2,52,53,54)/b5-4-,8-6-. The first-order valence-corrected chi connectivity index (χ1v) is 18.8. The Kier molecular flexibility index (Phi) is 10.0. The van der Waals surface area contributed by atoms with Crippen molar-refractivity contribution < 1.29 is 4.42 Å². The Bertz CT molecular complexity index is 2700. The van der Waals surface area contributed by atoms with Crippen molar-refractivity contribution in [3.8, 4) is 11.1 Å². The van der Waals surface area contributed by atoms with E-state index in [2.05, 4.69) is 135 Å². The van der Waals surface area contributed by atoms with E-state index >= 15 is 0 Å². The Morgan fingerprint density at radius 1 is 0.782 bits per heavy atom. The smallest absolute Gasteiger partial charge is 0.157 e. The Morgan fingerprint density at radius 2 is 1.56 bits per heavy atom. The van der Waals surface area contributed by atoms with Crippen LogP contribution in [0.5, 0.6) is 0 Å². The van der Waals surface area contributed by atoms with Crippen molar-refractivity contribution in [1.29, 1.82) is 0 Å². The summed E-state index contributed by atoms with van der Waals surface area (Å²) < 4.78 is 6.35. The number of fused-ring (bicyclic) bond motifs is 4. The third-order valence-electron chi connectivity index (χ3n) is 10.5. The monoisotopic (exact) mass is 713 g/mol. The minimum Gasteiger partial charge on any atom is -0.456 e. The highest BCUT2D eigenvalue weighted by Crippen LogP contribution is 2.36. The second kappa shape index (κ2) is 15.7. The van der Waals surface area contributed by atoms with E-state index in [1.54, 1.807) is 6.08 Å². The molecule has 1 atom stereocenters. The third-order valence-corrected chi connectivity index (χ3v) is 10.5. The highest BCUT2D eigenvalue weighted by atomic mass is 16.3. The normalized spacial score (nSPS) is 16.5. The molecule has 2 N–H and O–H groups in total. The molecule has 1 aliphatic rings. The zero-order valence-corrected chi connectivity index (χ0v) is 31.0. The second-order valence-corrected chi connectivity index (χ2v) is 14.2. The number of nitrogens with zero attached hydrogens (tertiary/aromatic N) is 2. The number of aliphatic imine (C=N–C) groups is 2. The van der Waals surface area contributed by atoms with Gasteiger partial charge in [-0.2, -0.15) is 0 Å². The van der Waals surface area contributed by atoms with Gasteiger partial charge in [-0.1, -0.05) is 171 Å². The molecule has 0 amide bonds. The predicted octanol–water partition coefficient (Wildman–Crippen LogP) is 12.4. The molecule has 1 aliphatic carbocycles. The molecule has 7 aromatic rings. The molecule has 0 saturated heterocycles. The van der Waals surface area contributed by atoms with E-state index in [0.717, 1.165) is 57.0 Å². The van der Waals surface area contributed by atoms with E-state index in [1.165, 1.54) is 27.5 Å². The van der Waals surface area contributed by atoms with Gasteiger partial charge in [-0.25, -0.2) is 4.99 Å². The first-order valence-electron chi connectivity index (χ1n) is 18.8. The van der Waals surface area contributed by atoms with Crippen LogP contribution < -0.4 is 5.73 Å². The molecule has 0 radical (unpaired) electrons. The van der Waals surface area contributed by atoms with Gasteiger partial charge in [0.25, 0.3) is 0 Å². The number of hydrogen-bond acceptors (Lipinski definition) is 2. The molecule has 55 heavy (non-hydrogen) atoms. The summed E-state index contributed by atoms with van der Waals surface area (Å²) in [5.74, 6) is 1.03. The largest absolute Gasteiger partial charge is 0.456 e. The van der Waals surface area contributed by atoms with E-state index < -0.39 is 0 Å². The van der Waals surface area contributed by atoms with Crippen molar-refractivity contribution in [2.75, 3.05) is 0 Å². The van der Waals surface area contributed by atoms with Gasteiger partial charge in [0, 0.05) is 27.3 Å². The Hall–Kier alpha value is -6.78. The minimum atomic E-state index is -0.137. The molecule has 0 bridgehead atoms.